The first-order chi connectivity index (χ1) is 9.69. The molecule has 1 heterocycles. The highest BCUT2D eigenvalue weighted by Gasteiger charge is 2.37. The van der Waals surface area contributed by atoms with Crippen molar-refractivity contribution in [1.29, 1.82) is 0 Å². The van der Waals surface area contributed by atoms with Gasteiger partial charge in [0.05, 0.1) is 6.04 Å². The summed E-state index contributed by atoms with van der Waals surface area (Å²) in [7, 11) is 0. The number of benzene rings is 1. The molecule has 1 amide bonds. The van der Waals surface area contributed by atoms with E-state index in [1.807, 2.05) is 11.8 Å². The first-order valence-electron chi connectivity index (χ1n) is 7.83. The molecule has 116 valence electrons. The predicted octanol–water partition coefficient (Wildman–Crippen LogP) is 3.56. The molecule has 21 heavy (non-hydrogen) atoms. The molecule has 0 radical (unpaired) electrons. The zero-order valence-electron chi connectivity index (χ0n) is 14.2. The number of carbonyl (C=O) groups excluding carboxylic acids is 1. The highest BCUT2D eigenvalue weighted by molar-refractivity contribution is 5.84. The average molecular weight is 288 g/mol. The van der Waals surface area contributed by atoms with Gasteiger partial charge in [0.1, 0.15) is 6.17 Å². The van der Waals surface area contributed by atoms with Gasteiger partial charge in [0.25, 0.3) is 0 Å². The van der Waals surface area contributed by atoms with Gasteiger partial charge in [-0.05, 0) is 43.7 Å². The Labute approximate surface area is 128 Å². The van der Waals surface area contributed by atoms with Gasteiger partial charge in [-0.25, -0.2) is 0 Å². The summed E-state index contributed by atoms with van der Waals surface area (Å²) < 4.78 is 0. The summed E-state index contributed by atoms with van der Waals surface area (Å²) in [5.41, 5.74) is 3.93. The molecule has 3 nitrogen and oxygen atoms in total. The quantitative estimate of drug-likeness (QED) is 0.922. The minimum Gasteiger partial charge on any atom is -0.322 e. The van der Waals surface area contributed by atoms with Gasteiger partial charge in [0, 0.05) is 6.54 Å². The number of carbonyl (C=O) groups is 1. The largest absolute Gasteiger partial charge is 0.322 e. The number of nitrogens with one attached hydrogen (secondary N) is 1. The van der Waals surface area contributed by atoms with Gasteiger partial charge in [0.2, 0.25) is 5.91 Å². The lowest BCUT2D eigenvalue weighted by Crippen LogP contribution is -2.33. The van der Waals surface area contributed by atoms with E-state index in [1.165, 1.54) is 16.7 Å². The van der Waals surface area contributed by atoms with Crippen molar-refractivity contribution in [3.05, 3.63) is 34.9 Å². The number of rotatable bonds is 3. The highest BCUT2D eigenvalue weighted by atomic mass is 16.2. The third-order valence-corrected chi connectivity index (χ3v) is 4.21. The molecular weight excluding hydrogens is 260 g/mol. The Hall–Kier alpha value is -1.35. The van der Waals surface area contributed by atoms with Crippen LogP contribution in [0.5, 0.6) is 0 Å². The SMILES string of the molecule is Cc1ccc(C)c(C2NC(C)C(=O)N2CCC(C)(C)C)c1. The summed E-state index contributed by atoms with van der Waals surface area (Å²) in [6.07, 6.45) is 1.02. The van der Waals surface area contributed by atoms with Crippen molar-refractivity contribution in [3.8, 4) is 0 Å². The molecule has 3 heteroatoms. The van der Waals surface area contributed by atoms with Crippen molar-refractivity contribution in [3.63, 3.8) is 0 Å². The maximum absolute atomic E-state index is 12.5. The first-order valence-corrected chi connectivity index (χ1v) is 7.83. The highest BCUT2D eigenvalue weighted by Crippen LogP contribution is 2.30. The van der Waals surface area contributed by atoms with Crippen LogP contribution < -0.4 is 5.32 Å². The van der Waals surface area contributed by atoms with Gasteiger partial charge in [-0.1, -0.05) is 44.5 Å². The van der Waals surface area contributed by atoms with Crippen LogP contribution in [0.1, 0.15) is 57.0 Å². The molecule has 1 saturated heterocycles. The van der Waals surface area contributed by atoms with Crippen LogP contribution >= 0.6 is 0 Å². The van der Waals surface area contributed by atoms with Crippen LogP contribution in [-0.2, 0) is 4.79 Å². The smallest absolute Gasteiger partial charge is 0.241 e. The maximum atomic E-state index is 12.5. The van der Waals surface area contributed by atoms with Crippen molar-refractivity contribution in [2.75, 3.05) is 6.54 Å². The van der Waals surface area contributed by atoms with E-state index < -0.39 is 0 Å². The van der Waals surface area contributed by atoms with Crippen molar-refractivity contribution in [1.82, 2.24) is 10.2 Å². The summed E-state index contributed by atoms with van der Waals surface area (Å²) in [6.45, 7) is 13.6. The fraction of sp³-hybridized carbons (Fsp3) is 0.611. The van der Waals surface area contributed by atoms with Gasteiger partial charge in [-0.2, -0.15) is 0 Å². The maximum Gasteiger partial charge on any atom is 0.241 e. The molecule has 0 bridgehead atoms. The van der Waals surface area contributed by atoms with E-state index in [2.05, 4.69) is 58.1 Å². The van der Waals surface area contributed by atoms with Crippen molar-refractivity contribution >= 4 is 5.91 Å². The zero-order valence-corrected chi connectivity index (χ0v) is 14.2. The molecule has 1 aromatic carbocycles. The Morgan fingerprint density at radius 2 is 1.90 bits per heavy atom. The Bertz CT molecular complexity index is 531. The van der Waals surface area contributed by atoms with Gasteiger partial charge in [-0.15, -0.1) is 0 Å². The standard InChI is InChI=1S/C18H28N2O/c1-12-7-8-13(2)15(11-12)16-19-14(3)17(21)20(16)10-9-18(4,5)6/h7-8,11,14,16,19H,9-10H2,1-6H3. The Morgan fingerprint density at radius 1 is 1.24 bits per heavy atom. The van der Waals surface area contributed by atoms with Crippen LogP contribution in [0.2, 0.25) is 0 Å². The summed E-state index contributed by atoms with van der Waals surface area (Å²) >= 11 is 0. The van der Waals surface area contributed by atoms with Crippen molar-refractivity contribution in [2.24, 2.45) is 5.41 Å². The molecule has 1 N–H and O–H groups in total. The van der Waals surface area contributed by atoms with Crippen LogP contribution in [0.25, 0.3) is 0 Å². The predicted molar refractivity (Wildman–Crippen MR) is 87.0 cm³/mol. The average Bonchev–Trinajstić information content (AvgIpc) is 2.65. The zero-order chi connectivity index (χ0) is 15.8. The molecule has 1 fully saturated rings. The Morgan fingerprint density at radius 3 is 2.52 bits per heavy atom. The lowest BCUT2D eigenvalue weighted by Gasteiger charge is -2.29. The third-order valence-electron chi connectivity index (χ3n) is 4.21. The first kappa shape index (κ1) is 16.0. The topological polar surface area (TPSA) is 32.3 Å². The molecule has 2 unspecified atom stereocenters. The lowest BCUT2D eigenvalue weighted by atomic mass is 9.92. The molecule has 0 spiro atoms. The van der Waals surface area contributed by atoms with Crippen LogP contribution in [-0.4, -0.2) is 23.4 Å². The van der Waals surface area contributed by atoms with E-state index >= 15 is 0 Å². The van der Waals surface area contributed by atoms with Gasteiger partial charge < -0.3 is 4.90 Å². The molecule has 1 aliphatic rings. The molecule has 1 aromatic rings. The van der Waals surface area contributed by atoms with E-state index in [-0.39, 0.29) is 23.5 Å². The van der Waals surface area contributed by atoms with Crippen LogP contribution in [0, 0.1) is 19.3 Å². The molecule has 0 aliphatic carbocycles. The van der Waals surface area contributed by atoms with Gasteiger partial charge in [-0.3, -0.25) is 10.1 Å². The Balaban J connectivity index is 2.27. The van der Waals surface area contributed by atoms with Gasteiger partial charge in [0.15, 0.2) is 0 Å². The summed E-state index contributed by atoms with van der Waals surface area (Å²) in [5.74, 6) is 0.213. The summed E-state index contributed by atoms with van der Waals surface area (Å²) in [5, 5.41) is 3.45. The van der Waals surface area contributed by atoms with Crippen molar-refractivity contribution in [2.45, 2.75) is 60.2 Å². The van der Waals surface area contributed by atoms with E-state index in [9.17, 15) is 4.79 Å². The van der Waals surface area contributed by atoms with Crippen LogP contribution in [0.3, 0.4) is 0 Å². The minimum atomic E-state index is -0.102. The second kappa shape index (κ2) is 5.80. The fourth-order valence-corrected chi connectivity index (χ4v) is 2.78. The molecule has 2 atom stereocenters. The van der Waals surface area contributed by atoms with E-state index in [1.54, 1.807) is 0 Å². The normalized spacial score (nSPS) is 23.0. The summed E-state index contributed by atoms with van der Waals surface area (Å²) in [4.78, 5) is 14.5. The van der Waals surface area contributed by atoms with Crippen LogP contribution in [0.15, 0.2) is 18.2 Å². The molecular formula is C18H28N2O. The number of amides is 1. The van der Waals surface area contributed by atoms with E-state index in [4.69, 9.17) is 0 Å². The van der Waals surface area contributed by atoms with Gasteiger partial charge >= 0.3 is 0 Å². The number of aryl methyl sites for hydroxylation is 2. The third kappa shape index (κ3) is 3.65. The van der Waals surface area contributed by atoms with Crippen LogP contribution in [0.4, 0.5) is 0 Å². The van der Waals surface area contributed by atoms with Crippen molar-refractivity contribution < 1.29 is 4.79 Å². The summed E-state index contributed by atoms with van der Waals surface area (Å²) in [6, 6.07) is 6.36. The second-order valence-corrected chi connectivity index (χ2v) is 7.49. The lowest BCUT2D eigenvalue weighted by molar-refractivity contribution is -0.130. The molecule has 0 aromatic heterocycles. The molecule has 2 rings (SSSR count). The number of hydrogen-bond donors (Lipinski definition) is 1. The minimum absolute atomic E-state index is 0.00903. The number of nitrogens with zero attached hydrogens (tertiary/aromatic N) is 1. The molecule has 0 saturated carbocycles. The monoisotopic (exact) mass is 288 g/mol. The van der Waals surface area contributed by atoms with E-state index in [0.717, 1.165) is 13.0 Å². The van der Waals surface area contributed by atoms with E-state index in [0.29, 0.717) is 0 Å². The number of hydrogen-bond acceptors (Lipinski definition) is 2. The second-order valence-electron chi connectivity index (χ2n) is 7.49. The fourth-order valence-electron chi connectivity index (χ4n) is 2.78. The Kier molecular flexibility index (Phi) is 4.43. The molecule has 1 aliphatic heterocycles.